The lowest BCUT2D eigenvalue weighted by molar-refractivity contribution is 0.0982. The molecule has 0 fully saturated rings. The second-order valence-corrected chi connectivity index (χ2v) is 8.69. The molecule has 8 heteroatoms. The van der Waals surface area contributed by atoms with Crippen LogP contribution in [0.3, 0.4) is 0 Å². The summed E-state index contributed by atoms with van der Waals surface area (Å²) in [5, 5.41) is 7.44. The van der Waals surface area contributed by atoms with Crippen LogP contribution in [0.5, 0.6) is 0 Å². The molecule has 1 aromatic carbocycles. The number of aryl methyl sites for hydroxylation is 2. The van der Waals surface area contributed by atoms with Crippen molar-refractivity contribution < 1.29 is 13.2 Å². The minimum Gasteiger partial charge on any atom is -0.294 e. The van der Waals surface area contributed by atoms with Crippen LogP contribution in [-0.2, 0) is 16.3 Å². The molecule has 4 aromatic rings. The highest BCUT2D eigenvalue weighted by Gasteiger charge is 2.18. The van der Waals surface area contributed by atoms with Gasteiger partial charge in [0.1, 0.15) is 0 Å². The van der Waals surface area contributed by atoms with Gasteiger partial charge in [-0.1, -0.05) is 12.1 Å². The summed E-state index contributed by atoms with van der Waals surface area (Å²) in [6.45, 7) is 1.80. The van der Waals surface area contributed by atoms with Crippen LogP contribution in [0.4, 0.5) is 0 Å². The minimum atomic E-state index is -3.61. The van der Waals surface area contributed by atoms with E-state index in [1.807, 2.05) is 0 Å². The smallest absolute Gasteiger partial charge is 0.208 e. The van der Waals surface area contributed by atoms with E-state index in [0.717, 1.165) is 16.6 Å². The highest BCUT2D eigenvalue weighted by molar-refractivity contribution is 7.91. The molecular weight excluding hydrogens is 388 g/mol. The summed E-state index contributed by atoms with van der Waals surface area (Å²) in [6.07, 6.45) is 5.34. The Labute approximate surface area is 167 Å². The number of H-pyrrole nitrogens is 1. The van der Waals surface area contributed by atoms with E-state index >= 15 is 0 Å². The third-order valence-electron chi connectivity index (χ3n) is 4.68. The van der Waals surface area contributed by atoms with Gasteiger partial charge in [-0.05, 0) is 49.2 Å². The number of carbonyl (C=O) groups is 1. The fourth-order valence-electron chi connectivity index (χ4n) is 2.98. The Kier molecular flexibility index (Phi) is 4.94. The molecule has 0 saturated carbocycles. The number of pyridine rings is 2. The van der Waals surface area contributed by atoms with Gasteiger partial charge in [0.15, 0.2) is 11.4 Å². The molecule has 3 aromatic heterocycles. The zero-order valence-electron chi connectivity index (χ0n) is 15.7. The molecule has 0 bridgehead atoms. The van der Waals surface area contributed by atoms with E-state index in [9.17, 15) is 13.2 Å². The lowest BCUT2D eigenvalue weighted by atomic mass is 10.0. The van der Waals surface area contributed by atoms with Gasteiger partial charge in [-0.15, -0.1) is 0 Å². The second-order valence-electron chi connectivity index (χ2n) is 6.74. The Morgan fingerprint density at radius 3 is 2.45 bits per heavy atom. The number of nitrogens with one attached hydrogen (secondary N) is 1. The Bertz CT molecular complexity index is 1280. The molecule has 0 aliphatic carbocycles. The monoisotopic (exact) mass is 406 g/mol. The molecule has 0 unspecified atom stereocenters. The quantitative estimate of drug-likeness (QED) is 0.493. The average molecular weight is 406 g/mol. The highest BCUT2D eigenvalue weighted by atomic mass is 32.2. The van der Waals surface area contributed by atoms with Crippen molar-refractivity contribution >= 4 is 26.7 Å². The lowest BCUT2D eigenvalue weighted by Crippen LogP contribution is -2.04. The molecule has 29 heavy (non-hydrogen) atoms. The van der Waals surface area contributed by atoms with Crippen LogP contribution in [0.1, 0.15) is 28.0 Å². The predicted molar refractivity (Wildman–Crippen MR) is 107 cm³/mol. The molecule has 0 amide bonds. The van der Waals surface area contributed by atoms with E-state index < -0.39 is 9.84 Å². The number of aromatic amines is 1. The summed E-state index contributed by atoms with van der Waals surface area (Å²) in [7, 11) is -3.61. The van der Waals surface area contributed by atoms with Crippen molar-refractivity contribution in [2.45, 2.75) is 29.6 Å². The van der Waals surface area contributed by atoms with Gasteiger partial charge in [-0.25, -0.2) is 13.4 Å². The van der Waals surface area contributed by atoms with Gasteiger partial charge in [-0.3, -0.25) is 14.9 Å². The van der Waals surface area contributed by atoms with E-state index in [2.05, 4.69) is 20.2 Å². The van der Waals surface area contributed by atoms with E-state index in [4.69, 9.17) is 0 Å². The van der Waals surface area contributed by atoms with Crippen LogP contribution in [0, 0.1) is 6.92 Å². The molecule has 7 nitrogen and oxygen atoms in total. The van der Waals surface area contributed by atoms with Crippen LogP contribution in [0.15, 0.2) is 70.8 Å². The van der Waals surface area contributed by atoms with E-state index in [-0.39, 0.29) is 15.6 Å². The van der Waals surface area contributed by atoms with E-state index in [0.29, 0.717) is 24.1 Å². The van der Waals surface area contributed by atoms with Crippen LogP contribution in [0.25, 0.3) is 11.0 Å². The molecule has 146 valence electrons. The van der Waals surface area contributed by atoms with Gasteiger partial charge >= 0.3 is 0 Å². The number of nitrogens with zero attached hydrogens (tertiary/aromatic N) is 3. The Morgan fingerprint density at radius 1 is 0.966 bits per heavy atom. The first kappa shape index (κ1) is 18.9. The third-order valence-corrected chi connectivity index (χ3v) is 6.44. The number of benzene rings is 1. The molecule has 0 radical (unpaired) electrons. The standard InChI is InChI=1S/C21H18N4O3S/c1-14-2-6-19(13-22-14)29(27,28)18-7-3-15(4-8-18)5-9-20(26)16-10-17-12-24-25-21(17)23-11-16/h2-4,6-8,10-13H,5,9H2,1H3,(H,23,24,25). The number of sulfone groups is 1. The number of aromatic nitrogens is 4. The molecule has 0 saturated heterocycles. The number of ketones is 1. The van der Waals surface area contributed by atoms with Crippen molar-refractivity contribution in [1.29, 1.82) is 0 Å². The van der Waals surface area contributed by atoms with Crippen molar-refractivity contribution in [3.63, 3.8) is 0 Å². The van der Waals surface area contributed by atoms with Crippen molar-refractivity contribution in [1.82, 2.24) is 20.2 Å². The second kappa shape index (κ2) is 7.56. The van der Waals surface area contributed by atoms with Crippen LogP contribution in [-0.4, -0.2) is 34.4 Å². The fourth-order valence-corrected chi connectivity index (χ4v) is 4.18. The van der Waals surface area contributed by atoms with Gasteiger partial charge in [0.05, 0.1) is 16.0 Å². The van der Waals surface area contributed by atoms with Crippen LogP contribution >= 0.6 is 0 Å². The molecule has 0 aliphatic rings. The highest BCUT2D eigenvalue weighted by Crippen LogP contribution is 2.21. The van der Waals surface area contributed by atoms with Gasteiger partial charge in [0.25, 0.3) is 0 Å². The van der Waals surface area contributed by atoms with E-state index in [1.54, 1.807) is 55.6 Å². The van der Waals surface area contributed by atoms with Crippen LogP contribution < -0.4 is 0 Å². The van der Waals surface area contributed by atoms with Gasteiger partial charge in [0.2, 0.25) is 9.84 Å². The Hall–Kier alpha value is -3.39. The molecular formula is C21H18N4O3S. The summed E-state index contributed by atoms with van der Waals surface area (Å²) >= 11 is 0. The number of fused-ring (bicyclic) bond motifs is 1. The SMILES string of the molecule is Cc1ccc(S(=O)(=O)c2ccc(CCC(=O)c3cnc4[nH]ncc4c3)cc2)cn1. The number of hydrogen-bond acceptors (Lipinski definition) is 6. The first-order chi connectivity index (χ1) is 13.9. The van der Waals surface area contributed by atoms with E-state index in [1.165, 1.54) is 12.4 Å². The van der Waals surface area contributed by atoms with Crippen molar-refractivity contribution in [2.75, 3.05) is 0 Å². The first-order valence-corrected chi connectivity index (χ1v) is 10.5. The Balaban J connectivity index is 1.45. The summed E-state index contributed by atoms with van der Waals surface area (Å²) in [6, 6.07) is 11.6. The number of Topliss-reactive ketones (excluding diaryl/α,β-unsaturated/α-hetero) is 1. The fraction of sp³-hybridized carbons (Fsp3) is 0.143. The summed E-state index contributed by atoms with van der Waals surface area (Å²) in [5.41, 5.74) is 2.81. The molecule has 0 aliphatic heterocycles. The topological polar surface area (TPSA) is 106 Å². The number of rotatable bonds is 6. The maximum Gasteiger partial charge on any atom is 0.208 e. The molecule has 0 atom stereocenters. The Morgan fingerprint density at radius 2 is 1.72 bits per heavy atom. The van der Waals surface area contributed by atoms with Crippen molar-refractivity contribution in [3.05, 3.63) is 77.9 Å². The zero-order valence-corrected chi connectivity index (χ0v) is 16.5. The summed E-state index contributed by atoms with van der Waals surface area (Å²) in [5.74, 6) is -0.0250. The maximum atomic E-state index is 12.7. The van der Waals surface area contributed by atoms with Gasteiger partial charge in [0, 0.05) is 35.5 Å². The summed E-state index contributed by atoms with van der Waals surface area (Å²) in [4.78, 5) is 21.0. The van der Waals surface area contributed by atoms with Gasteiger partial charge in [-0.2, -0.15) is 5.10 Å². The molecule has 1 N–H and O–H groups in total. The van der Waals surface area contributed by atoms with Crippen molar-refractivity contribution in [2.24, 2.45) is 0 Å². The number of carbonyl (C=O) groups excluding carboxylic acids is 1. The molecule has 0 spiro atoms. The molecule has 4 rings (SSSR count). The predicted octanol–water partition coefficient (Wildman–Crippen LogP) is 3.31. The average Bonchev–Trinajstić information content (AvgIpc) is 3.20. The van der Waals surface area contributed by atoms with Crippen LogP contribution in [0.2, 0.25) is 0 Å². The van der Waals surface area contributed by atoms with Crippen molar-refractivity contribution in [3.8, 4) is 0 Å². The maximum absolute atomic E-state index is 12.7. The normalized spacial score (nSPS) is 11.6. The minimum absolute atomic E-state index is 0.0250. The first-order valence-electron chi connectivity index (χ1n) is 9.02. The lowest BCUT2D eigenvalue weighted by Gasteiger charge is -2.06. The number of hydrogen-bond donors (Lipinski definition) is 1. The third kappa shape index (κ3) is 3.93. The van der Waals surface area contributed by atoms with Gasteiger partial charge < -0.3 is 0 Å². The summed E-state index contributed by atoms with van der Waals surface area (Å²) < 4.78 is 25.4. The zero-order chi connectivity index (χ0) is 20.4. The molecule has 3 heterocycles. The largest absolute Gasteiger partial charge is 0.294 e.